The van der Waals surface area contributed by atoms with E-state index in [1.165, 1.54) is 0 Å². The molecule has 4 heteroatoms. The quantitative estimate of drug-likeness (QED) is 0.611. The third-order valence-electron chi connectivity index (χ3n) is 2.48. The molecule has 3 rings (SSSR count). The number of aromatic nitrogens is 2. The lowest BCUT2D eigenvalue weighted by atomic mass is 10.1. The average Bonchev–Trinajstić information content (AvgIpc) is 2.72. The van der Waals surface area contributed by atoms with Crippen molar-refractivity contribution in [3.63, 3.8) is 0 Å². The van der Waals surface area contributed by atoms with Gasteiger partial charge in [0, 0.05) is 5.56 Å². The van der Waals surface area contributed by atoms with Gasteiger partial charge >= 0.3 is 0 Å². The van der Waals surface area contributed by atoms with Crippen molar-refractivity contribution in [3.05, 3.63) is 47.1 Å². The van der Waals surface area contributed by atoms with Crippen LogP contribution < -0.4 is 0 Å². The van der Waals surface area contributed by atoms with Gasteiger partial charge in [-0.15, -0.1) is 0 Å². The number of hydrogen-bond donors (Lipinski definition) is 0. The molecule has 0 aliphatic rings. The monoisotopic (exact) mass is 244 g/mol. The standard InChI is InChI=1S/C13H9ClN2O/c1-8-3-2-4-9(7-8)13-16-12-10(17-13)5-6-11(14)15-12/h2-7H,1H3. The van der Waals surface area contributed by atoms with Gasteiger partial charge in [-0.25, -0.2) is 4.98 Å². The molecule has 0 fully saturated rings. The van der Waals surface area contributed by atoms with Crippen LogP contribution in [0.25, 0.3) is 22.7 Å². The lowest BCUT2D eigenvalue weighted by molar-refractivity contribution is 0.619. The molecule has 0 amide bonds. The van der Waals surface area contributed by atoms with Gasteiger partial charge in [0.1, 0.15) is 5.15 Å². The maximum atomic E-state index is 5.81. The van der Waals surface area contributed by atoms with Crippen molar-refractivity contribution in [2.24, 2.45) is 0 Å². The Bertz CT molecular complexity index is 691. The summed E-state index contributed by atoms with van der Waals surface area (Å²) in [6, 6.07) is 11.4. The fraction of sp³-hybridized carbons (Fsp3) is 0.0769. The van der Waals surface area contributed by atoms with Crippen molar-refractivity contribution in [1.82, 2.24) is 9.97 Å². The molecule has 0 aliphatic heterocycles. The summed E-state index contributed by atoms with van der Waals surface area (Å²) >= 11 is 5.81. The molecule has 3 aromatic rings. The molecule has 17 heavy (non-hydrogen) atoms. The van der Waals surface area contributed by atoms with E-state index in [9.17, 15) is 0 Å². The zero-order valence-electron chi connectivity index (χ0n) is 9.14. The van der Waals surface area contributed by atoms with Gasteiger partial charge in [-0.2, -0.15) is 4.98 Å². The molecule has 0 bridgehead atoms. The minimum absolute atomic E-state index is 0.418. The van der Waals surface area contributed by atoms with E-state index in [1.54, 1.807) is 12.1 Å². The molecule has 0 aliphatic carbocycles. The smallest absolute Gasteiger partial charge is 0.228 e. The Morgan fingerprint density at radius 2 is 2.00 bits per heavy atom. The van der Waals surface area contributed by atoms with Crippen LogP contribution >= 0.6 is 11.6 Å². The van der Waals surface area contributed by atoms with Gasteiger partial charge in [-0.1, -0.05) is 29.3 Å². The number of nitrogens with zero attached hydrogens (tertiary/aromatic N) is 2. The first-order valence-corrected chi connectivity index (χ1v) is 5.60. The summed E-state index contributed by atoms with van der Waals surface area (Å²) in [5.41, 5.74) is 3.29. The molecule has 0 unspecified atom stereocenters. The Morgan fingerprint density at radius 1 is 1.12 bits per heavy atom. The summed E-state index contributed by atoms with van der Waals surface area (Å²) in [6.07, 6.45) is 0. The Hall–Kier alpha value is -1.87. The van der Waals surface area contributed by atoms with Gasteiger partial charge in [0.25, 0.3) is 0 Å². The number of rotatable bonds is 1. The first-order valence-electron chi connectivity index (χ1n) is 5.22. The van der Waals surface area contributed by atoms with E-state index in [2.05, 4.69) is 9.97 Å². The Kier molecular flexibility index (Phi) is 2.34. The maximum absolute atomic E-state index is 5.81. The van der Waals surface area contributed by atoms with Crippen LogP contribution in [-0.4, -0.2) is 9.97 Å². The van der Waals surface area contributed by atoms with E-state index < -0.39 is 0 Å². The molecule has 0 radical (unpaired) electrons. The molecule has 1 aromatic carbocycles. The zero-order chi connectivity index (χ0) is 11.8. The third-order valence-corrected chi connectivity index (χ3v) is 2.69. The number of hydrogen-bond acceptors (Lipinski definition) is 3. The Balaban J connectivity index is 2.18. The summed E-state index contributed by atoms with van der Waals surface area (Å²) in [7, 11) is 0. The number of oxazole rings is 1. The van der Waals surface area contributed by atoms with Gasteiger partial charge in [-0.3, -0.25) is 0 Å². The zero-order valence-corrected chi connectivity index (χ0v) is 9.90. The van der Waals surface area contributed by atoms with Crippen LogP contribution in [0, 0.1) is 6.92 Å². The van der Waals surface area contributed by atoms with Gasteiger partial charge in [0.2, 0.25) is 11.5 Å². The van der Waals surface area contributed by atoms with Crippen molar-refractivity contribution in [2.75, 3.05) is 0 Å². The predicted molar refractivity (Wildman–Crippen MR) is 67.0 cm³/mol. The van der Waals surface area contributed by atoms with Crippen LogP contribution in [0.15, 0.2) is 40.8 Å². The van der Waals surface area contributed by atoms with E-state index in [-0.39, 0.29) is 0 Å². The van der Waals surface area contributed by atoms with Crippen LogP contribution in [0.5, 0.6) is 0 Å². The summed E-state index contributed by atoms with van der Waals surface area (Å²) in [6.45, 7) is 2.03. The fourth-order valence-corrected chi connectivity index (χ4v) is 1.84. The summed E-state index contributed by atoms with van der Waals surface area (Å²) < 4.78 is 5.63. The fourth-order valence-electron chi connectivity index (χ4n) is 1.70. The molecule has 0 saturated heterocycles. The highest BCUT2D eigenvalue weighted by Crippen LogP contribution is 2.24. The maximum Gasteiger partial charge on any atom is 0.228 e. The van der Waals surface area contributed by atoms with Crippen molar-refractivity contribution in [1.29, 1.82) is 0 Å². The summed E-state index contributed by atoms with van der Waals surface area (Å²) in [5, 5.41) is 0.418. The second kappa shape index (κ2) is 3.86. The SMILES string of the molecule is Cc1cccc(-c2nc3nc(Cl)ccc3o2)c1. The number of halogens is 1. The normalized spacial score (nSPS) is 10.9. The van der Waals surface area contributed by atoms with E-state index in [1.807, 2.05) is 31.2 Å². The average molecular weight is 245 g/mol. The Morgan fingerprint density at radius 3 is 2.82 bits per heavy atom. The molecule has 0 spiro atoms. The van der Waals surface area contributed by atoms with Gasteiger partial charge in [-0.05, 0) is 31.2 Å². The summed E-state index contributed by atoms with van der Waals surface area (Å²) in [5.74, 6) is 0.568. The lowest BCUT2D eigenvalue weighted by Crippen LogP contribution is -1.79. The van der Waals surface area contributed by atoms with E-state index >= 15 is 0 Å². The second-order valence-electron chi connectivity index (χ2n) is 3.84. The number of pyridine rings is 1. The predicted octanol–water partition coefficient (Wildman–Crippen LogP) is 3.85. The highest BCUT2D eigenvalue weighted by atomic mass is 35.5. The molecule has 2 heterocycles. The minimum atomic E-state index is 0.418. The molecule has 3 nitrogen and oxygen atoms in total. The molecule has 0 N–H and O–H groups in total. The number of aryl methyl sites for hydroxylation is 1. The molecule has 0 atom stereocenters. The van der Waals surface area contributed by atoms with Crippen molar-refractivity contribution in [3.8, 4) is 11.5 Å². The van der Waals surface area contributed by atoms with Gasteiger partial charge in [0.05, 0.1) is 0 Å². The molecule has 2 aromatic heterocycles. The highest BCUT2D eigenvalue weighted by molar-refractivity contribution is 6.29. The lowest BCUT2D eigenvalue weighted by Gasteiger charge is -1.95. The first kappa shape index (κ1) is 10.3. The topological polar surface area (TPSA) is 38.9 Å². The minimum Gasteiger partial charge on any atom is -0.434 e. The van der Waals surface area contributed by atoms with Crippen molar-refractivity contribution >= 4 is 22.8 Å². The van der Waals surface area contributed by atoms with Gasteiger partial charge < -0.3 is 4.42 Å². The molecule has 84 valence electrons. The highest BCUT2D eigenvalue weighted by Gasteiger charge is 2.09. The van der Waals surface area contributed by atoms with Crippen molar-refractivity contribution < 1.29 is 4.42 Å². The second-order valence-corrected chi connectivity index (χ2v) is 4.23. The summed E-state index contributed by atoms with van der Waals surface area (Å²) in [4.78, 5) is 8.43. The van der Waals surface area contributed by atoms with Crippen LogP contribution in [0.2, 0.25) is 5.15 Å². The van der Waals surface area contributed by atoms with Crippen LogP contribution in [0.1, 0.15) is 5.56 Å². The van der Waals surface area contributed by atoms with Crippen LogP contribution in [0.3, 0.4) is 0 Å². The third kappa shape index (κ3) is 1.89. The Labute approximate surface area is 103 Å². The largest absolute Gasteiger partial charge is 0.434 e. The van der Waals surface area contributed by atoms with Crippen LogP contribution in [-0.2, 0) is 0 Å². The molecule has 0 saturated carbocycles. The van der Waals surface area contributed by atoms with Crippen molar-refractivity contribution in [2.45, 2.75) is 6.92 Å². The molecular formula is C13H9ClN2O. The van der Waals surface area contributed by atoms with Gasteiger partial charge in [0.15, 0.2) is 5.58 Å². The first-order chi connectivity index (χ1) is 8.22. The van der Waals surface area contributed by atoms with E-state index in [0.717, 1.165) is 11.1 Å². The number of benzene rings is 1. The number of fused-ring (bicyclic) bond motifs is 1. The van der Waals surface area contributed by atoms with E-state index in [4.69, 9.17) is 16.0 Å². The van der Waals surface area contributed by atoms with E-state index in [0.29, 0.717) is 22.3 Å². The molecular weight excluding hydrogens is 236 g/mol. The van der Waals surface area contributed by atoms with Crippen LogP contribution in [0.4, 0.5) is 0 Å².